The molecule has 1 fully saturated rings. The summed E-state index contributed by atoms with van der Waals surface area (Å²) in [7, 11) is 2.05. The molecule has 8 heteroatoms. The first kappa shape index (κ1) is 19.9. The molecule has 0 amide bonds. The Bertz CT molecular complexity index is 776. The van der Waals surface area contributed by atoms with Gasteiger partial charge in [-0.3, -0.25) is 4.90 Å². The highest BCUT2D eigenvalue weighted by Crippen LogP contribution is 2.32. The summed E-state index contributed by atoms with van der Waals surface area (Å²) in [6, 6.07) is 5.29. The van der Waals surface area contributed by atoms with E-state index >= 15 is 0 Å². The number of aryl methyl sites for hydroxylation is 1. The van der Waals surface area contributed by atoms with Crippen molar-refractivity contribution in [3.63, 3.8) is 0 Å². The number of rotatable bonds is 5. The average Bonchev–Trinajstić information content (AvgIpc) is 2.98. The summed E-state index contributed by atoms with van der Waals surface area (Å²) in [5.41, 5.74) is 0.328. The zero-order chi connectivity index (χ0) is 19.6. The van der Waals surface area contributed by atoms with Crippen LogP contribution < -0.4 is 0 Å². The summed E-state index contributed by atoms with van der Waals surface area (Å²) in [4.78, 5) is 8.92. The molecule has 27 heavy (non-hydrogen) atoms. The molecule has 1 saturated heterocycles. The minimum Gasteiger partial charge on any atom is -0.441 e. The van der Waals surface area contributed by atoms with Crippen LogP contribution in [0.25, 0.3) is 11.5 Å². The lowest BCUT2D eigenvalue weighted by atomic mass is 10.1. The Kier molecular flexibility index (Phi) is 5.88. The summed E-state index contributed by atoms with van der Waals surface area (Å²) in [6.07, 6.45) is -3.69. The van der Waals surface area contributed by atoms with E-state index in [4.69, 9.17) is 4.42 Å². The van der Waals surface area contributed by atoms with Crippen LogP contribution in [0, 0.1) is 6.92 Å². The number of nitrogens with zero attached hydrogens (tertiary/aromatic N) is 3. The van der Waals surface area contributed by atoms with E-state index in [-0.39, 0.29) is 18.5 Å². The molecule has 3 rings (SSSR count). The second kappa shape index (κ2) is 8.00. The van der Waals surface area contributed by atoms with E-state index in [1.54, 1.807) is 13.0 Å². The van der Waals surface area contributed by atoms with Crippen molar-refractivity contribution in [1.82, 2.24) is 14.8 Å². The molecule has 1 unspecified atom stereocenters. The van der Waals surface area contributed by atoms with Gasteiger partial charge in [0, 0.05) is 44.4 Å². The van der Waals surface area contributed by atoms with E-state index in [0.717, 1.165) is 37.5 Å². The van der Waals surface area contributed by atoms with Crippen LogP contribution in [0.3, 0.4) is 0 Å². The van der Waals surface area contributed by atoms with Gasteiger partial charge in [0.25, 0.3) is 0 Å². The number of halogens is 3. The fourth-order valence-corrected chi connectivity index (χ4v) is 3.35. The van der Waals surface area contributed by atoms with Crippen LogP contribution in [0.1, 0.15) is 23.4 Å². The number of aromatic nitrogens is 1. The SMILES string of the molecule is Cc1oc(-c2cccc(C(F)(F)F)c2)nc1CN1CCN(C)C(CCO)C1. The summed E-state index contributed by atoms with van der Waals surface area (Å²) in [5, 5.41) is 9.21. The number of benzene rings is 1. The topological polar surface area (TPSA) is 52.7 Å². The van der Waals surface area contributed by atoms with Gasteiger partial charge in [-0.2, -0.15) is 13.2 Å². The number of alkyl halides is 3. The molecule has 0 spiro atoms. The molecule has 0 bridgehead atoms. The molecule has 148 valence electrons. The van der Waals surface area contributed by atoms with Crippen LogP contribution in [-0.2, 0) is 12.7 Å². The van der Waals surface area contributed by atoms with Crippen LogP contribution in [0.2, 0.25) is 0 Å². The predicted octanol–water partition coefficient (Wildman–Crippen LogP) is 3.17. The smallest absolute Gasteiger partial charge is 0.416 e. The third-order valence-corrected chi connectivity index (χ3v) is 5.03. The van der Waals surface area contributed by atoms with E-state index in [0.29, 0.717) is 24.3 Å². The fourth-order valence-electron chi connectivity index (χ4n) is 3.35. The van der Waals surface area contributed by atoms with Crippen LogP contribution in [-0.4, -0.2) is 59.2 Å². The van der Waals surface area contributed by atoms with Crippen molar-refractivity contribution in [3.05, 3.63) is 41.3 Å². The number of aliphatic hydroxyl groups excluding tert-OH is 1. The third kappa shape index (κ3) is 4.69. The predicted molar refractivity (Wildman–Crippen MR) is 95.1 cm³/mol. The maximum absolute atomic E-state index is 12.9. The van der Waals surface area contributed by atoms with Crippen molar-refractivity contribution in [1.29, 1.82) is 0 Å². The maximum Gasteiger partial charge on any atom is 0.416 e. The highest BCUT2D eigenvalue weighted by molar-refractivity contribution is 5.55. The van der Waals surface area contributed by atoms with Gasteiger partial charge in [-0.1, -0.05) is 6.07 Å². The summed E-state index contributed by atoms with van der Waals surface area (Å²) in [5.74, 6) is 0.815. The van der Waals surface area contributed by atoms with E-state index in [1.165, 1.54) is 6.07 Å². The van der Waals surface area contributed by atoms with Crippen molar-refractivity contribution in [2.75, 3.05) is 33.3 Å². The second-order valence-corrected chi connectivity index (χ2v) is 6.98. The Morgan fingerprint density at radius 1 is 1.30 bits per heavy atom. The Morgan fingerprint density at radius 3 is 2.78 bits per heavy atom. The van der Waals surface area contributed by atoms with Crippen molar-refractivity contribution in [3.8, 4) is 11.5 Å². The highest BCUT2D eigenvalue weighted by Gasteiger charge is 2.31. The number of hydrogen-bond acceptors (Lipinski definition) is 5. The molecule has 1 aliphatic rings. The Labute approximate surface area is 156 Å². The lowest BCUT2D eigenvalue weighted by molar-refractivity contribution is -0.137. The molecule has 0 saturated carbocycles. The monoisotopic (exact) mass is 383 g/mol. The molecule has 1 aromatic heterocycles. The Hall–Kier alpha value is -1.90. The zero-order valence-corrected chi connectivity index (χ0v) is 15.5. The largest absolute Gasteiger partial charge is 0.441 e. The van der Waals surface area contributed by atoms with Crippen LogP contribution in [0.5, 0.6) is 0 Å². The molecule has 1 aromatic carbocycles. The number of aliphatic hydroxyl groups is 1. The number of likely N-dealkylation sites (N-methyl/N-ethyl adjacent to an activating group) is 1. The molecule has 0 radical (unpaired) electrons. The molecule has 1 atom stereocenters. The van der Waals surface area contributed by atoms with Gasteiger partial charge in [0.05, 0.1) is 11.3 Å². The Balaban J connectivity index is 1.75. The van der Waals surface area contributed by atoms with Gasteiger partial charge in [-0.25, -0.2) is 4.98 Å². The molecule has 5 nitrogen and oxygen atoms in total. The normalized spacial score (nSPS) is 19.6. The fraction of sp³-hybridized carbons (Fsp3) is 0.526. The van der Waals surface area contributed by atoms with Crippen molar-refractivity contribution in [2.45, 2.75) is 32.1 Å². The number of oxazole rings is 1. The van der Waals surface area contributed by atoms with E-state index in [1.807, 2.05) is 7.05 Å². The minimum atomic E-state index is -4.40. The molecular weight excluding hydrogens is 359 g/mol. The van der Waals surface area contributed by atoms with Gasteiger partial charge >= 0.3 is 6.18 Å². The third-order valence-electron chi connectivity index (χ3n) is 5.03. The van der Waals surface area contributed by atoms with Crippen molar-refractivity contribution >= 4 is 0 Å². The Morgan fingerprint density at radius 2 is 2.07 bits per heavy atom. The molecule has 0 aliphatic carbocycles. The van der Waals surface area contributed by atoms with Crippen molar-refractivity contribution < 1.29 is 22.7 Å². The van der Waals surface area contributed by atoms with Crippen LogP contribution >= 0.6 is 0 Å². The zero-order valence-electron chi connectivity index (χ0n) is 15.5. The quantitative estimate of drug-likeness (QED) is 0.860. The van der Waals surface area contributed by atoms with Gasteiger partial charge in [0.1, 0.15) is 5.76 Å². The standard InChI is InChI=1S/C19H24F3N3O2/c1-13-17(12-25-8-7-24(2)16(11-25)6-9-26)23-18(27-13)14-4-3-5-15(10-14)19(20,21)22/h3-5,10,16,26H,6-9,11-12H2,1-2H3. The highest BCUT2D eigenvalue weighted by atomic mass is 19.4. The second-order valence-electron chi connectivity index (χ2n) is 6.98. The summed E-state index contributed by atoms with van der Waals surface area (Å²) < 4.78 is 44.4. The van der Waals surface area contributed by atoms with E-state index in [9.17, 15) is 18.3 Å². The first-order chi connectivity index (χ1) is 12.8. The number of piperazine rings is 1. The maximum atomic E-state index is 12.9. The average molecular weight is 383 g/mol. The van der Waals surface area contributed by atoms with Gasteiger partial charge in [-0.15, -0.1) is 0 Å². The molecule has 2 aromatic rings. The van der Waals surface area contributed by atoms with Crippen molar-refractivity contribution in [2.24, 2.45) is 0 Å². The van der Waals surface area contributed by atoms with Gasteiger partial charge in [0.2, 0.25) is 5.89 Å². The summed E-state index contributed by atoms with van der Waals surface area (Å²) >= 11 is 0. The minimum absolute atomic E-state index is 0.144. The summed E-state index contributed by atoms with van der Waals surface area (Å²) in [6.45, 7) is 5.06. The van der Waals surface area contributed by atoms with Crippen LogP contribution in [0.15, 0.2) is 28.7 Å². The van der Waals surface area contributed by atoms with Crippen LogP contribution in [0.4, 0.5) is 13.2 Å². The first-order valence-electron chi connectivity index (χ1n) is 8.95. The molecule has 1 aliphatic heterocycles. The van der Waals surface area contributed by atoms with Gasteiger partial charge < -0.3 is 14.4 Å². The lowest BCUT2D eigenvalue weighted by Crippen LogP contribution is -2.51. The van der Waals surface area contributed by atoms with Gasteiger partial charge in [-0.05, 0) is 38.6 Å². The van der Waals surface area contributed by atoms with E-state index in [2.05, 4.69) is 14.8 Å². The molecular formula is C19H24F3N3O2. The molecule has 1 N–H and O–H groups in total. The lowest BCUT2D eigenvalue weighted by Gasteiger charge is -2.39. The molecule has 2 heterocycles. The first-order valence-corrected chi connectivity index (χ1v) is 8.95. The number of hydrogen-bond donors (Lipinski definition) is 1. The van der Waals surface area contributed by atoms with Gasteiger partial charge in [0.15, 0.2) is 0 Å². The van der Waals surface area contributed by atoms with E-state index < -0.39 is 11.7 Å².